The SMILES string of the molecule is CC(CCCCCCc1c2ccccc2nc2ccccc12)c1c2ccccc2nc2ccccc12. The van der Waals surface area contributed by atoms with E-state index in [1.807, 2.05) is 0 Å². The van der Waals surface area contributed by atoms with Crippen molar-refractivity contribution in [3.8, 4) is 0 Å². The molecule has 0 bridgehead atoms. The minimum absolute atomic E-state index is 0.510. The normalized spacial score (nSPS) is 12.6. The molecule has 0 fully saturated rings. The Kier molecular flexibility index (Phi) is 6.34. The molecular weight excluding hydrogens is 436 g/mol. The zero-order chi connectivity index (χ0) is 24.3. The van der Waals surface area contributed by atoms with E-state index in [4.69, 9.17) is 9.97 Å². The minimum atomic E-state index is 0.510. The third-order valence-corrected chi connectivity index (χ3v) is 7.64. The van der Waals surface area contributed by atoms with Crippen molar-refractivity contribution >= 4 is 43.6 Å². The van der Waals surface area contributed by atoms with Gasteiger partial charge in [-0.05, 0) is 60.6 Å². The number of para-hydroxylation sites is 4. The summed E-state index contributed by atoms with van der Waals surface area (Å²) in [6, 6.07) is 34.4. The molecule has 0 amide bonds. The molecular formula is C34H32N2. The van der Waals surface area contributed by atoms with Crippen molar-refractivity contribution in [1.29, 1.82) is 0 Å². The molecule has 2 heteroatoms. The number of hydrogen-bond donors (Lipinski definition) is 0. The van der Waals surface area contributed by atoms with Crippen LogP contribution < -0.4 is 0 Å². The number of aromatic nitrogens is 2. The maximum absolute atomic E-state index is 4.91. The zero-order valence-corrected chi connectivity index (χ0v) is 21.0. The predicted octanol–water partition coefficient (Wildman–Crippen LogP) is 9.39. The molecule has 2 nitrogen and oxygen atoms in total. The molecule has 2 heterocycles. The van der Waals surface area contributed by atoms with Crippen molar-refractivity contribution in [2.45, 2.75) is 51.4 Å². The lowest BCUT2D eigenvalue weighted by molar-refractivity contribution is 0.574. The number of aryl methyl sites for hydroxylation is 1. The molecule has 36 heavy (non-hydrogen) atoms. The second kappa shape index (κ2) is 10.1. The summed E-state index contributed by atoms with van der Waals surface area (Å²) in [4.78, 5) is 9.79. The van der Waals surface area contributed by atoms with Crippen LogP contribution in [0.25, 0.3) is 43.6 Å². The molecule has 6 aromatic rings. The van der Waals surface area contributed by atoms with Crippen molar-refractivity contribution < 1.29 is 0 Å². The fraction of sp³-hybridized carbons (Fsp3) is 0.235. The smallest absolute Gasteiger partial charge is 0.0712 e. The van der Waals surface area contributed by atoms with E-state index < -0.39 is 0 Å². The highest BCUT2D eigenvalue weighted by molar-refractivity contribution is 5.98. The molecule has 0 saturated carbocycles. The lowest BCUT2D eigenvalue weighted by Crippen LogP contribution is -1.99. The number of nitrogens with zero attached hydrogens (tertiary/aromatic N) is 2. The molecule has 0 N–H and O–H groups in total. The molecule has 0 radical (unpaired) electrons. The molecule has 0 aliphatic heterocycles. The van der Waals surface area contributed by atoms with Gasteiger partial charge < -0.3 is 0 Å². The van der Waals surface area contributed by atoms with E-state index in [1.54, 1.807) is 0 Å². The molecule has 4 aromatic carbocycles. The van der Waals surface area contributed by atoms with Crippen LogP contribution in [0.15, 0.2) is 97.1 Å². The Labute approximate surface area is 213 Å². The quantitative estimate of drug-likeness (QED) is 0.164. The standard InChI is InChI=1S/C34H32N2/c1-24(34-28-18-8-12-22-32(28)36-33-23-13-9-19-29(33)34)14-4-2-3-5-15-25-26-16-6-10-20-30(26)35-31-21-11-7-17-27(25)31/h6-13,16-24H,2-5,14-15H2,1H3. The van der Waals surface area contributed by atoms with Gasteiger partial charge in [-0.2, -0.15) is 0 Å². The number of benzene rings is 4. The summed E-state index contributed by atoms with van der Waals surface area (Å²) < 4.78 is 0. The van der Waals surface area contributed by atoms with Gasteiger partial charge in [-0.1, -0.05) is 99.0 Å². The van der Waals surface area contributed by atoms with Crippen molar-refractivity contribution in [1.82, 2.24) is 9.97 Å². The highest BCUT2D eigenvalue weighted by Crippen LogP contribution is 2.34. The van der Waals surface area contributed by atoms with Gasteiger partial charge in [-0.25, -0.2) is 9.97 Å². The summed E-state index contributed by atoms with van der Waals surface area (Å²) in [6.07, 6.45) is 7.32. The first-order chi connectivity index (χ1) is 17.8. The first-order valence-corrected chi connectivity index (χ1v) is 13.3. The van der Waals surface area contributed by atoms with Gasteiger partial charge in [-0.3, -0.25) is 0 Å². The highest BCUT2D eigenvalue weighted by atomic mass is 14.7. The molecule has 0 saturated heterocycles. The topological polar surface area (TPSA) is 25.8 Å². The number of fused-ring (bicyclic) bond motifs is 4. The van der Waals surface area contributed by atoms with Gasteiger partial charge in [-0.15, -0.1) is 0 Å². The molecule has 0 aliphatic carbocycles. The van der Waals surface area contributed by atoms with Gasteiger partial charge in [0, 0.05) is 21.5 Å². The number of rotatable bonds is 8. The van der Waals surface area contributed by atoms with E-state index in [-0.39, 0.29) is 0 Å². The van der Waals surface area contributed by atoms with Crippen LogP contribution in [0.5, 0.6) is 0 Å². The van der Waals surface area contributed by atoms with Crippen LogP contribution in [-0.2, 0) is 6.42 Å². The second-order valence-corrected chi connectivity index (χ2v) is 10.0. The Morgan fingerprint density at radius 1 is 0.500 bits per heavy atom. The Bertz CT molecular complexity index is 1560. The molecule has 2 aromatic heterocycles. The summed E-state index contributed by atoms with van der Waals surface area (Å²) in [7, 11) is 0. The molecule has 178 valence electrons. The monoisotopic (exact) mass is 468 g/mol. The van der Waals surface area contributed by atoms with Crippen LogP contribution in [0.4, 0.5) is 0 Å². The number of pyridine rings is 2. The second-order valence-electron chi connectivity index (χ2n) is 10.0. The molecule has 0 spiro atoms. The maximum Gasteiger partial charge on any atom is 0.0712 e. The number of unbranched alkanes of at least 4 members (excludes halogenated alkanes) is 3. The van der Waals surface area contributed by atoms with Crippen molar-refractivity contribution in [2.24, 2.45) is 0 Å². The van der Waals surface area contributed by atoms with Gasteiger partial charge in [0.25, 0.3) is 0 Å². The first-order valence-electron chi connectivity index (χ1n) is 13.3. The lowest BCUT2D eigenvalue weighted by atomic mass is 9.89. The maximum atomic E-state index is 4.91. The van der Waals surface area contributed by atoms with Crippen molar-refractivity contribution in [3.63, 3.8) is 0 Å². The van der Waals surface area contributed by atoms with Crippen molar-refractivity contribution in [3.05, 3.63) is 108 Å². The van der Waals surface area contributed by atoms with E-state index in [1.165, 1.54) is 64.8 Å². The molecule has 6 rings (SSSR count). The van der Waals surface area contributed by atoms with Crippen LogP contribution in [0, 0.1) is 0 Å². The number of hydrogen-bond acceptors (Lipinski definition) is 2. The van der Waals surface area contributed by atoms with Crippen LogP contribution in [0.1, 0.15) is 56.1 Å². The highest BCUT2D eigenvalue weighted by Gasteiger charge is 2.15. The Balaban J connectivity index is 1.13. The largest absolute Gasteiger partial charge is 0.248 e. The Morgan fingerprint density at radius 3 is 1.44 bits per heavy atom. The summed E-state index contributed by atoms with van der Waals surface area (Å²) in [5.41, 5.74) is 7.35. The van der Waals surface area contributed by atoms with Gasteiger partial charge >= 0.3 is 0 Å². The summed E-state index contributed by atoms with van der Waals surface area (Å²) in [5.74, 6) is 0.510. The van der Waals surface area contributed by atoms with Gasteiger partial charge in [0.2, 0.25) is 0 Å². The Morgan fingerprint density at radius 2 is 0.917 bits per heavy atom. The average molecular weight is 469 g/mol. The fourth-order valence-corrected chi connectivity index (χ4v) is 5.85. The third kappa shape index (κ3) is 4.33. The van der Waals surface area contributed by atoms with Crippen LogP contribution >= 0.6 is 0 Å². The molecule has 0 aliphatic rings. The average Bonchev–Trinajstić information content (AvgIpc) is 2.92. The van der Waals surface area contributed by atoms with Gasteiger partial charge in [0.1, 0.15) is 0 Å². The van der Waals surface area contributed by atoms with Gasteiger partial charge in [0.05, 0.1) is 22.1 Å². The minimum Gasteiger partial charge on any atom is -0.248 e. The van der Waals surface area contributed by atoms with Crippen LogP contribution in [-0.4, -0.2) is 9.97 Å². The molecule has 1 unspecified atom stereocenters. The summed E-state index contributed by atoms with van der Waals surface area (Å²) in [5, 5.41) is 5.22. The zero-order valence-electron chi connectivity index (χ0n) is 21.0. The Hall–Kier alpha value is -3.78. The van der Waals surface area contributed by atoms with E-state index in [2.05, 4.69) is 104 Å². The van der Waals surface area contributed by atoms with Crippen LogP contribution in [0.2, 0.25) is 0 Å². The van der Waals surface area contributed by atoms with E-state index >= 15 is 0 Å². The fourth-order valence-electron chi connectivity index (χ4n) is 5.85. The predicted molar refractivity (Wildman–Crippen MR) is 154 cm³/mol. The van der Waals surface area contributed by atoms with E-state index in [0.29, 0.717) is 5.92 Å². The summed E-state index contributed by atoms with van der Waals surface area (Å²) in [6.45, 7) is 2.39. The molecule has 1 atom stereocenters. The summed E-state index contributed by atoms with van der Waals surface area (Å²) >= 11 is 0. The van der Waals surface area contributed by atoms with E-state index in [0.717, 1.165) is 28.5 Å². The third-order valence-electron chi connectivity index (χ3n) is 7.64. The van der Waals surface area contributed by atoms with Gasteiger partial charge in [0.15, 0.2) is 0 Å². The van der Waals surface area contributed by atoms with Crippen molar-refractivity contribution in [2.75, 3.05) is 0 Å². The van der Waals surface area contributed by atoms with E-state index in [9.17, 15) is 0 Å². The van der Waals surface area contributed by atoms with Crippen LogP contribution in [0.3, 0.4) is 0 Å². The first kappa shape index (κ1) is 22.7. The lowest BCUT2D eigenvalue weighted by Gasteiger charge is -2.17.